The van der Waals surface area contributed by atoms with Crippen molar-refractivity contribution in [2.24, 2.45) is 0 Å². The van der Waals surface area contributed by atoms with Gasteiger partial charge in [-0.2, -0.15) is 4.31 Å². The fourth-order valence-electron chi connectivity index (χ4n) is 2.70. The minimum atomic E-state index is -3.74. The smallest absolute Gasteiger partial charge is 0.274 e. The molecule has 1 aliphatic heterocycles. The van der Waals surface area contributed by atoms with Crippen LogP contribution in [-0.2, 0) is 27.8 Å². The summed E-state index contributed by atoms with van der Waals surface area (Å²) >= 11 is 1.10. The third kappa shape index (κ3) is 2.98. The maximum atomic E-state index is 13.0. The lowest BCUT2D eigenvalue weighted by atomic mass is 10.0. The molecule has 0 atom stereocenters. The zero-order chi connectivity index (χ0) is 17.3. The molecule has 0 N–H and O–H groups in total. The molecule has 2 heterocycles. The summed E-state index contributed by atoms with van der Waals surface area (Å²) in [7, 11) is -0.922. The highest BCUT2D eigenvalue weighted by molar-refractivity contribution is 7.89. The number of fused-ring (bicyclic) bond motifs is 1. The van der Waals surface area contributed by atoms with Crippen molar-refractivity contribution in [3.8, 4) is 0 Å². The topological polar surface area (TPSA) is 66.9 Å². The van der Waals surface area contributed by atoms with Gasteiger partial charge < -0.3 is 0 Å². The maximum absolute atomic E-state index is 13.0. The molecule has 2 aromatic rings. The predicted octanol–water partition coefficient (Wildman–Crippen LogP) is 2.13. The summed E-state index contributed by atoms with van der Waals surface area (Å²) in [5.74, 6) is -0.469. The minimum absolute atomic E-state index is 0.0424. The number of rotatable bonds is 4. The molecule has 0 saturated heterocycles. The van der Waals surface area contributed by atoms with Crippen LogP contribution in [0.2, 0.25) is 0 Å². The monoisotopic (exact) mass is 366 g/mol. The molecule has 0 fully saturated rings. The van der Waals surface area contributed by atoms with Crippen molar-refractivity contribution in [2.45, 2.75) is 17.9 Å². The fraction of sp³-hybridized carbons (Fsp3) is 0.312. The van der Waals surface area contributed by atoms with Crippen LogP contribution in [0.3, 0.4) is 0 Å². The van der Waals surface area contributed by atoms with E-state index in [1.807, 2.05) is 24.3 Å². The fourth-order valence-corrected chi connectivity index (χ4v) is 5.48. The lowest BCUT2D eigenvalue weighted by Gasteiger charge is -2.28. The second-order valence-corrected chi connectivity index (χ2v) is 8.28. The number of thiophene rings is 1. The van der Waals surface area contributed by atoms with E-state index in [9.17, 15) is 13.2 Å². The molecular weight excluding hydrogens is 348 g/mol. The van der Waals surface area contributed by atoms with Crippen molar-refractivity contribution in [3.05, 3.63) is 51.7 Å². The Kier molecular flexibility index (Phi) is 4.73. The van der Waals surface area contributed by atoms with Gasteiger partial charge in [-0.15, -0.1) is 11.3 Å². The van der Waals surface area contributed by atoms with Crippen molar-refractivity contribution in [1.29, 1.82) is 0 Å². The summed E-state index contributed by atoms with van der Waals surface area (Å²) in [6.07, 6.45) is 0.667. The van der Waals surface area contributed by atoms with E-state index in [0.717, 1.165) is 22.0 Å². The maximum Gasteiger partial charge on any atom is 0.288 e. The largest absolute Gasteiger partial charge is 0.288 e. The summed E-state index contributed by atoms with van der Waals surface area (Å²) in [6, 6.07) is 9.31. The lowest BCUT2D eigenvalue weighted by Crippen LogP contribution is -2.37. The van der Waals surface area contributed by atoms with Crippen LogP contribution < -0.4 is 0 Å². The van der Waals surface area contributed by atoms with Crippen LogP contribution in [0.15, 0.2) is 40.6 Å². The Morgan fingerprint density at radius 3 is 2.67 bits per heavy atom. The first-order valence-electron chi connectivity index (χ1n) is 7.41. The van der Waals surface area contributed by atoms with Gasteiger partial charge in [0, 0.05) is 20.1 Å². The van der Waals surface area contributed by atoms with E-state index >= 15 is 0 Å². The van der Waals surface area contributed by atoms with Crippen molar-refractivity contribution in [3.63, 3.8) is 0 Å². The molecule has 8 heteroatoms. The number of hydrogen-bond donors (Lipinski definition) is 0. The molecule has 1 aromatic heterocycles. The Morgan fingerprint density at radius 1 is 1.25 bits per heavy atom. The van der Waals surface area contributed by atoms with E-state index in [4.69, 9.17) is 4.84 Å². The van der Waals surface area contributed by atoms with Crippen LogP contribution >= 0.6 is 11.3 Å². The van der Waals surface area contributed by atoms with Crippen molar-refractivity contribution in [2.75, 3.05) is 20.7 Å². The minimum Gasteiger partial charge on any atom is -0.274 e. The van der Waals surface area contributed by atoms with Crippen LogP contribution in [0.4, 0.5) is 0 Å². The van der Waals surface area contributed by atoms with E-state index in [-0.39, 0.29) is 9.77 Å². The zero-order valence-corrected chi connectivity index (χ0v) is 15.1. The van der Waals surface area contributed by atoms with Gasteiger partial charge in [-0.25, -0.2) is 13.5 Å². The average molecular weight is 366 g/mol. The second kappa shape index (κ2) is 6.64. The summed E-state index contributed by atoms with van der Waals surface area (Å²) < 4.78 is 27.5. The first-order chi connectivity index (χ1) is 11.4. The number of hydrogen-bond acceptors (Lipinski definition) is 5. The molecule has 6 nitrogen and oxygen atoms in total. The molecule has 1 aliphatic rings. The Balaban J connectivity index is 1.93. The summed E-state index contributed by atoms with van der Waals surface area (Å²) in [4.78, 5) is 17.4. The highest BCUT2D eigenvalue weighted by atomic mass is 32.2. The molecule has 3 rings (SSSR count). The molecule has 0 unspecified atom stereocenters. The Labute approximate surface area is 145 Å². The molecule has 24 heavy (non-hydrogen) atoms. The number of amides is 1. The summed E-state index contributed by atoms with van der Waals surface area (Å²) in [5, 5.41) is 2.64. The third-order valence-corrected chi connectivity index (χ3v) is 7.02. The van der Waals surface area contributed by atoms with Crippen molar-refractivity contribution >= 4 is 27.3 Å². The van der Waals surface area contributed by atoms with Gasteiger partial charge in [-0.1, -0.05) is 24.3 Å². The Bertz CT molecular complexity index is 860. The van der Waals surface area contributed by atoms with E-state index in [0.29, 0.717) is 19.5 Å². The van der Waals surface area contributed by atoms with Crippen LogP contribution in [-0.4, -0.2) is 44.4 Å². The number of hydroxylamine groups is 2. The number of carbonyl (C=O) groups excluding carboxylic acids is 1. The number of nitrogens with zero attached hydrogens (tertiary/aromatic N) is 2. The lowest BCUT2D eigenvalue weighted by molar-refractivity contribution is -0.0755. The number of benzene rings is 1. The normalized spacial score (nSPS) is 15.1. The second-order valence-electron chi connectivity index (χ2n) is 5.46. The highest BCUT2D eigenvalue weighted by Gasteiger charge is 2.33. The highest BCUT2D eigenvalue weighted by Crippen LogP contribution is 2.30. The van der Waals surface area contributed by atoms with E-state index in [1.54, 1.807) is 5.38 Å². The van der Waals surface area contributed by atoms with Crippen LogP contribution in [0.25, 0.3) is 0 Å². The SMILES string of the molecule is CON(C)C(=O)c1sccc1S(=O)(=O)N1CCc2ccccc2C1. The first kappa shape index (κ1) is 17.1. The predicted molar refractivity (Wildman–Crippen MR) is 91.2 cm³/mol. The standard InChI is InChI=1S/C16H18N2O4S2/c1-17(22-2)16(19)15-14(8-10-23-15)24(20,21)18-9-7-12-5-3-4-6-13(12)11-18/h3-6,8,10H,7,9,11H2,1-2H3. The van der Waals surface area contributed by atoms with Gasteiger partial charge >= 0.3 is 0 Å². The zero-order valence-electron chi connectivity index (χ0n) is 13.4. The quantitative estimate of drug-likeness (QED) is 0.778. The van der Waals surface area contributed by atoms with E-state index < -0.39 is 15.9 Å². The summed E-state index contributed by atoms with van der Waals surface area (Å²) in [5.41, 5.74) is 2.18. The van der Waals surface area contributed by atoms with Gasteiger partial charge in [-0.05, 0) is 29.0 Å². The molecule has 0 spiro atoms. The molecule has 0 aliphatic carbocycles. The molecule has 0 bridgehead atoms. The van der Waals surface area contributed by atoms with Crippen LogP contribution in [0.1, 0.15) is 20.8 Å². The van der Waals surface area contributed by atoms with Gasteiger partial charge in [-0.3, -0.25) is 9.63 Å². The van der Waals surface area contributed by atoms with Crippen molar-refractivity contribution in [1.82, 2.24) is 9.37 Å². The van der Waals surface area contributed by atoms with Gasteiger partial charge in [0.15, 0.2) is 0 Å². The first-order valence-corrected chi connectivity index (χ1v) is 9.73. The van der Waals surface area contributed by atoms with Gasteiger partial charge in [0.25, 0.3) is 5.91 Å². The van der Waals surface area contributed by atoms with Gasteiger partial charge in [0.2, 0.25) is 10.0 Å². The average Bonchev–Trinajstić information content (AvgIpc) is 3.10. The van der Waals surface area contributed by atoms with Gasteiger partial charge in [0.05, 0.1) is 7.11 Å². The van der Waals surface area contributed by atoms with E-state index in [2.05, 4.69) is 0 Å². The summed E-state index contributed by atoms with van der Waals surface area (Å²) in [6.45, 7) is 0.727. The molecule has 1 aromatic carbocycles. The Hall–Kier alpha value is -1.74. The molecule has 1 amide bonds. The van der Waals surface area contributed by atoms with Crippen molar-refractivity contribution < 1.29 is 18.0 Å². The number of carbonyl (C=O) groups is 1. The molecule has 128 valence electrons. The third-order valence-electron chi connectivity index (χ3n) is 4.10. The van der Waals surface area contributed by atoms with E-state index in [1.165, 1.54) is 30.1 Å². The molecule has 0 saturated carbocycles. The molecular formula is C16H18N2O4S2. The van der Waals surface area contributed by atoms with Gasteiger partial charge in [0.1, 0.15) is 9.77 Å². The van der Waals surface area contributed by atoms with Crippen LogP contribution in [0, 0.1) is 0 Å². The molecule has 0 radical (unpaired) electrons. The number of sulfonamides is 1. The Morgan fingerprint density at radius 2 is 1.96 bits per heavy atom. The van der Waals surface area contributed by atoms with Crippen LogP contribution in [0.5, 0.6) is 0 Å².